The second kappa shape index (κ2) is 8.38. The molecular formula is C19H20N4O5. The number of amides is 1. The van der Waals surface area contributed by atoms with E-state index in [2.05, 4.69) is 20.3 Å². The van der Waals surface area contributed by atoms with Gasteiger partial charge in [-0.15, -0.1) is 0 Å². The van der Waals surface area contributed by atoms with Gasteiger partial charge in [0.1, 0.15) is 17.2 Å². The van der Waals surface area contributed by atoms with Gasteiger partial charge in [-0.1, -0.05) is 0 Å². The van der Waals surface area contributed by atoms with E-state index in [0.717, 1.165) is 41.2 Å². The highest BCUT2D eigenvalue weighted by atomic mass is 16.5. The molecule has 0 aliphatic carbocycles. The zero-order valence-corrected chi connectivity index (χ0v) is 15.5. The van der Waals surface area contributed by atoms with E-state index in [1.807, 2.05) is 18.2 Å². The van der Waals surface area contributed by atoms with Crippen LogP contribution in [0.2, 0.25) is 0 Å². The second-order valence-corrected chi connectivity index (χ2v) is 6.04. The Morgan fingerprint density at radius 3 is 2.50 bits per heavy atom. The van der Waals surface area contributed by atoms with Gasteiger partial charge in [0.15, 0.2) is 5.69 Å². The SMILES string of the molecule is COc1cc(OC)c2cc(CCCNC(=O)c3cnc(C(=O)O)cn3)[nH]c2c1. The molecule has 0 unspecified atom stereocenters. The highest BCUT2D eigenvalue weighted by molar-refractivity contribution is 5.92. The number of benzene rings is 1. The van der Waals surface area contributed by atoms with Crippen LogP contribution < -0.4 is 14.8 Å². The molecule has 28 heavy (non-hydrogen) atoms. The Balaban J connectivity index is 1.56. The van der Waals surface area contributed by atoms with Crippen molar-refractivity contribution < 1.29 is 24.2 Å². The van der Waals surface area contributed by atoms with Gasteiger partial charge in [0.2, 0.25) is 0 Å². The Morgan fingerprint density at radius 1 is 1.11 bits per heavy atom. The molecule has 2 heterocycles. The number of carbonyl (C=O) groups is 2. The van der Waals surface area contributed by atoms with Gasteiger partial charge in [0.05, 0.1) is 32.1 Å². The summed E-state index contributed by atoms with van der Waals surface area (Å²) in [5.74, 6) is -0.145. The smallest absolute Gasteiger partial charge is 0.356 e. The van der Waals surface area contributed by atoms with Gasteiger partial charge in [0.25, 0.3) is 5.91 Å². The molecule has 0 radical (unpaired) electrons. The summed E-state index contributed by atoms with van der Waals surface area (Å²) in [5.41, 5.74) is 1.81. The number of carboxylic acids is 1. The number of aromatic amines is 1. The number of fused-ring (bicyclic) bond motifs is 1. The number of aryl methyl sites for hydroxylation is 1. The van der Waals surface area contributed by atoms with Gasteiger partial charge in [-0.05, 0) is 18.9 Å². The third kappa shape index (κ3) is 4.20. The standard InChI is InChI=1S/C19H20N4O5/c1-27-12-7-14-13(17(8-12)28-2)6-11(23-14)4-3-5-20-18(24)15-9-22-16(10-21-15)19(25)26/h6-10,23H,3-5H2,1-2H3,(H,20,24)(H,25,26). The molecule has 9 heteroatoms. The molecule has 1 aromatic carbocycles. The van der Waals surface area contributed by atoms with E-state index >= 15 is 0 Å². The highest BCUT2D eigenvalue weighted by Gasteiger charge is 2.11. The van der Waals surface area contributed by atoms with Gasteiger partial charge >= 0.3 is 5.97 Å². The summed E-state index contributed by atoms with van der Waals surface area (Å²) in [6.07, 6.45) is 3.64. The van der Waals surface area contributed by atoms with Crippen LogP contribution in [0.3, 0.4) is 0 Å². The van der Waals surface area contributed by atoms with Crippen molar-refractivity contribution in [3.8, 4) is 11.5 Å². The number of rotatable bonds is 8. The number of hydrogen-bond acceptors (Lipinski definition) is 6. The predicted octanol–water partition coefficient (Wildman–Crippen LogP) is 2.04. The van der Waals surface area contributed by atoms with E-state index in [4.69, 9.17) is 14.6 Å². The van der Waals surface area contributed by atoms with Gasteiger partial charge in [0, 0.05) is 29.8 Å². The lowest BCUT2D eigenvalue weighted by Crippen LogP contribution is -2.26. The first-order valence-corrected chi connectivity index (χ1v) is 8.59. The summed E-state index contributed by atoms with van der Waals surface area (Å²) >= 11 is 0. The number of methoxy groups -OCH3 is 2. The first kappa shape index (κ1) is 19.2. The first-order chi connectivity index (χ1) is 13.5. The van der Waals surface area contributed by atoms with E-state index in [1.165, 1.54) is 0 Å². The minimum absolute atomic E-state index is 0.0763. The molecule has 2 aromatic heterocycles. The van der Waals surface area contributed by atoms with Crippen molar-refractivity contribution in [2.45, 2.75) is 12.8 Å². The third-order valence-electron chi connectivity index (χ3n) is 4.20. The maximum absolute atomic E-state index is 12.0. The number of aromatic nitrogens is 3. The number of aromatic carboxylic acids is 1. The minimum Gasteiger partial charge on any atom is -0.497 e. The van der Waals surface area contributed by atoms with E-state index in [-0.39, 0.29) is 11.4 Å². The van der Waals surface area contributed by atoms with Crippen LogP contribution in [0.15, 0.2) is 30.6 Å². The van der Waals surface area contributed by atoms with Crippen molar-refractivity contribution in [3.05, 3.63) is 47.7 Å². The van der Waals surface area contributed by atoms with E-state index in [1.54, 1.807) is 14.2 Å². The second-order valence-electron chi connectivity index (χ2n) is 6.04. The lowest BCUT2D eigenvalue weighted by molar-refractivity contribution is 0.0689. The van der Waals surface area contributed by atoms with Crippen LogP contribution in [0.25, 0.3) is 10.9 Å². The summed E-state index contributed by atoms with van der Waals surface area (Å²) in [4.78, 5) is 33.6. The minimum atomic E-state index is -1.19. The van der Waals surface area contributed by atoms with Gasteiger partial charge in [-0.25, -0.2) is 14.8 Å². The fourth-order valence-corrected chi connectivity index (χ4v) is 2.79. The summed E-state index contributed by atoms with van der Waals surface area (Å²) in [6.45, 7) is 0.441. The van der Waals surface area contributed by atoms with Crippen molar-refractivity contribution >= 4 is 22.8 Å². The third-order valence-corrected chi connectivity index (χ3v) is 4.20. The van der Waals surface area contributed by atoms with E-state index < -0.39 is 11.9 Å². The van der Waals surface area contributed by atoms with Gasteiger partial charge < -0.3 is 24.9 Å². The molecule has 0 aliphatic rings. The lowest BCUT2D eigenvalue weighted by atomic mass is 10.2. The number of hydrogen-bond donors (Lipinski definition) is 3. The quantitative estimate of drug-likeness (QED) is 0.507. The van der Waals surface area contributed by atoms with E-state index in [9.17, 15) is 9.59 Å². The predicted molar refractivity (Wildman–Crippen MR) is 101 cm³/mol. The molecule has 146 valence electrons. The average molecular weight is 384 g/mol. The summed E-state index contributed by atoms with van der Waals surface area (Å²) in [5, 5.41) is 12.5. The Hall–Kier alpha value is -3.62. The fraction of sp³-hybridized carbons (Fsp3) is 0.263. The topological polar surface area (TPSA) is 126 Å². The molecule has 3 rings (SSSR count). The molecule has 1 amide bonds. The first-order valence-electron chi connectivity index (χ1n) is 8.59. The van der Waals surface area contributed by atoms with Crippen LogP contribution in [-0.4, -0.2) is 52.7 Å². The van der Waals surface area contributed by atoms with E-state index in [0.29, 0.717) is 18.7 Å². The molecule has 3 aromatic rings. The maximum atomic E-state index is 12.0. The molecule has 0 saturated carbocycles. The van der Waals surface area contributed by atoms with Gasteiger partial charge in [-0.3, -0.25) is 4.79 Å². The van der Waals surface area contributed by atoms with Crippen molar-refractivity contribution in [1.29, 1.82) is 0 Å². The molecule has 3 N–H and O–H groups in total. The van der Waals surface area contributed by atoms with Crippen molar-refractivity contribution in [1.82, 2.24) is 20.3 Å². The van der Waals surface area contributed by atoms with Crippen LogP contribution in [0.5, 0.6) is 11.5 Å². The molecule has 0 aliphatic heterocycles. The van der Waals surface area contributed by atoms with Gasteiger partial charge in [-0.2, -0.15) is 0 Å². The number of H-pyrrole nitrogens is 1. The zero-order chi connectivity index (χ0) is 20.1. The molecular weight excluding hydrogens is 364 g/mol. The Labute approximate surface area is 160 Å². The Kier molecular flexibility index (Phi) is 5.73. The van der Waals surface area contributed by atoms with Crippen molar-refractivity contribution in [2.24, 2.45) is 0 Å². The van der Waals surface area contributed by atoms with Crippen LogP contribution >= 0.6 is 0 Å². The van der Waals surface area contributed by atoms with Crippen molar-refractivity contribution in [3.63, 3.8) is 0 Å². The normalized spacial score (nSPS) is 10.6. The largest absolute Gasteiger partial charge is 0.497 e. The van der Waals surface area contributed by atoms with Crippen LogP contribution in [0, 0.1) is 0 Å². The van der Waals surface area contributed by atoms with Crippen LogP contribution in [-0.2, 0) is 6.42 Å². The Morgan fingerprint density at radius 2 is 1.86 bits per heavy atom. The average Bonchev–Trinajstić information content (AvgIpc) is 3.13. The molecule has 9 nitrogen and oxygen atoms in total. The number of carbonyl (C=O) groups excluding carboxylic acids is 1. The number of ether oxygens (including phenoxy) is 2. The molecule has 0 spiro atoms. The number of nitrogens with one attached hydrogen (secondary N) is 2. The molecule has 0 atom stereocenters. The maximum Gasteiger partial charge on any atom is 0.356 e. The monoisotopic (exact) mass is 384 g/mol. The Bertz CT molecular complexity index is 997. The summed E-state index contributed by atoms with van der Waals surface area (Å²) in [6, 6.07) is 5.75. The zero-order valence-electron chi connectivity index (χ0n) is 15.5. The molecule has 0 saturated heterocycles. The fourth-order valence-electron chi connectivity index (χ4n) is 2.79. The molecule has 0 fully saturated rings. The van der Waals surface area contributed by atoms with Crippen LogP contribution in [0.4, 0.5) is 0 Å². The van der Waals surface area contributed by atoms with Crippen LogP contribution in [0.1, 0.15) is 33.1 Å². The summed E-state index contributed by atoms with van der Waals surface area (Å²) in [7, 11) is 3.22. The highest BCUT2D eigenvalue weighted by Crippen LogP contribution is 2.31. The number of nitrogens with zero attached hydrogens (tertiary/aromatic N) is 2. The van der Waals surface area contributed by atoms with Crippen molar-refractivity contribution in [2.75, 3.05) is 20.8 Å². The summed E-state index contributed by atoms with van der Waals surface area (Å²) < 4.78 is 10.7. The lowest BCUT2D eigenvalue weighted by Gasteiger charge is -2.04. The number of carboxylic acid groups (broad SMARTS) is 1. The molecule has 0 bridgehead atoms.